The smallest absolute Gasteiger partial charge is 0.291 e. The third-order valence-electron chi connectivity index (χ3n) is 5.57. The van der Waals surface area contributed by atoms with Gasteiger partial charge in [0.25, 0.3) is 11.8 Å². The molecule has 1 aromatic heterocycles. The molecule has 0 spiro atoms. The van der Waals surface area contributed by atoms with E-state index >= 15 is 0 Å². The molecule has 3 aromatic rings. The van der Waals surface area contributed by atoms with Crippen LogP contribution in [-0.2, 0) is 11.3 Å². The fourth-order valence-electron chi connectivity index (χ4n) is 3.84. The number of nitrogens with zero attached hydrogens (tertiary/aromatic N) is 1. The van der Waals surface area contributed by atoms with Crippen LogP contribution in [0.3, 0.4) is 0 Å². The fraction of sp³-hybridized carbons (Fsp3) is 0.240. The molecular formula is C25H24ClN3O4. The summed E-state index contributed by atoms with van der Waals surface area (Å²) in [5.74, 6) is -0.563. The van der Waals surface area contributed by atoms with Gasteiger partial charge < -0.3 is 20.0 Å². The fourth-order valence-corrected chi connectivity index (χ4v) is 3.97. The van der Waals surface area contributed by atoms with Gasteiger partial charge in [-0.3, -0.25) is 14.4 Å². The molecule has 33 heavy (non-hydrogen) atoms. The average molecular weight is 466 g/mol. The van der Waals surface area contributed by atoms with Gasteiger partial charge in [-0.05, 0) is 66.9 Å². The number of likely N-dealkylation sites (tertiary alicyclic amines) is 1. The summed E-state index contributed by atoms with van der Waals surface area (Å²) in [6, 6.07) is 17.3. The molecule has 1 atom stereocenters. The van der Waals surface area contributed by atoms with E-state index in [-0.39, 0.29) is 29.4 Å². The molecule has 8 heteroatoms. The van der Waals surface area contributed by atoms with Crippen LogP contribution >= 0.6 is 11.6 Å². The molecule has 1 aliphatic heterocycles. The second kappa shape index (κ2) is 10.4. The highest BCUT2D eigenvalue weighted by atomic mass is 35.5. The van der Waals surface area contributed by atoms with E-state index in [1.54, 1.807) is 53.4 Å². The number of hydrogen-bond donors (Lipinski definition) is 2. The molecule has 1 saturated heterocycles. The summed E-state index contributed by atoms with van der Waals surface area (Å²) in [5, 5.41) is 6.31. The minimum atomic E-state index is -0.339. The minimum absolute atomic E-state index is 0.0892. The number of carbonyl (C=O) groups is 3. The van der Waals surface area contributed by atoms with Gasteiger partial charge in [0.2, 0.25) is 5.91 Å². The molecule has 0 saturated carbocycles. The van der Waals surface area contributed by atoms with E-state index in [2.05, 4.69) is 10.6 Å². The third kappa shape index (κ3) is 5.81. The molecule has 0 radical (unpaired) electrons. The molecule has 1 fully saturated rings. The van der Waals surface area contributed by atoms with Crippen LogP contribution < -0.4 is 10.6 Å². The highest BCUT2D eigenvalue weighted by Gasteiger charge is 2.28. The predicted molar refractivity (Wildman–Crippen MR) is 125 cm³/mol. The molecule has 7 nitrogen and oxygen atoms in total. The number of halogens is 1. The first-order valence-electron chi connectivity index (χ1n) is 10.8. The van der Waals surface area contributed by atoms with E-state index in [0.717, 1.165) is 18.4 Å². The van der Waals surface area contributed by atoms with Crippen molar-refractivity contribution in [3.63, 3.8) is 0 Å². The molecule has 0 bridgehead atoms. The van der Waals surface area contributed by atoms with Crippen molar-refractivity contribution >= 4 is 35.0 Å². The van der Waals surface area contributed by atoms with Crippen molar-refractivity contribution < 1.29 is 18.8 Å². The van der Waals surface area contributed by atoms with E-state index in [0.29, 0.717) is 35.9 Å². The van der Waals surface area contributed by atoms with Crippen molar-refractivity contribution in [3.8, 4) is 0 Å². The van der Waals surface area contributed by atoms with Crippen LogP contribution in [0.4, 0.5) is 5.69 Å². The van der Waals surface area contributed by atoms with Gasteiger partial charge in [0.15, 0.2) is 5.76 Å². The Labute approximate surface area is 196 Å². The molecule has 2 heterocycles. The number of piperidine rings is 1. The van der Waals surface area contributed by atoms with Gasteiger partial charge in [-0.1, -0.05) is 23.7 Å². The standard InChI is InChI=1S/C25H24ClN3O4/c26-20-10-8-18(9-11-20)25(32)29-12-2-5-19(16-29)23(30)27-15-17-4-1-6-21(14-17)28-24(31)22-7-3-13-33-22/h1,3-4,6-11,13-14,19H,2,5,12,15-16H2,(H,27,30)(H,28,31). The SMILES string of the molecule is O=C(Nc1cccc(CNC(=O)C2CCCN(C(=O)c3ccc(Cl)cc3)C2)c1)c1ccco1. The normalized spacial score (nSPS) is 15.7. The number of anilines is 1. The highest BCUT2D eigenvalue weighted by molar-refractivity contribution is 6.30. The van der Waals surface area contributed by atoms with Gasteiger partial charge in [0.1, 0.15) is 0 Å². The zero-order valence-electron chi connectivity index (χ0n) is 17.9. The Morgan fingerprint density at radius 2 is 1.88 bits per heavy atom. The van der Waals surface area contributed by atoms with E-state index in [4.69, 9.17) is 16.0 Å². The summed E-state index contributed by atoms with van der Waals surface area (Å²) < 4.78 is 5.10. The Balaban J connectivity index is 1.31. The number of furan rings is 1. The largest absolute Gasteiger partial charge is 0.459 e. The third-order valence-corrected chi connectivity index (χ3v) is 5.82. The van der Waals surface area contributed by atoms with Crippen LogP contribution in [0.15, 0.2) is 71.3 Å². The van der Waals surface area contributed by atoms with Crippen LogP contribution in [0.1, 0.15) is 39.3 Å². The van der Waals surface area contributed by atoms with Crippen molar-refractivity contribution in [2.24, 2.45) is 5.92 Å². The van der Waals surface area contributed by atoms with Gasteiger partial charge in [-0.25, -0.2) is 0 Å². The zero-order chi connectivity index (χ0) is 23.2. The van der Waals surface area contributed by atoms with Crippen molar-refractivity contribution in [1.82, 2.24) is 10.2 Å². The Hall–Kier alpha value is -3.58. The average Bonchev–Trinajstić information content (AvgIpc) is 3.38. The summed E-state index contributed by atoms with van der Waals surface area (Å²) in [6.07, 6.45) is 2.94. The number of hydrogen-bond acceptors (Lipinski definition) is 4. The number of rotatable bonds is 6. The number of nitrogens with one attached hydrogen (secondary N) is 2. The lowest BCUT2D eigenvalue weighted by atomic mass is 9.96. The van der Waals surface area contributed by atoms with E-state index in [1.807, 2.05) is 12.1 Å². The van der Waals surface area contributed by atoms with Crippen molar-refractivity contribution in [2.45, 2.75) is 19.4 Å². The Bertz CT molecular complexity index is 1130. The first-order valence-corrected chi connectivity index (χ1v) is 11.1. The van der Waals surface area contributed by atoms with Gasteiger partial charge >= 0.3 is 0 Å². The number of benzene rings is 2. The van der Waals surface area contributed by atoms with Crippen LogP contribution in [0.2, 0.25) is 5.02 Å². The second-order valence-electron chi connectivity index (χ2n) is 7.95. The number of carbonyl (C=O) groups excluding carboxylic acids is 3. The van der Waals surface area contributed by atoms with Gasteiger partial charge in [-0.2, -0.15) is 0 Å². The minimum Gasteiger partial charge on any atom is -0.459 e. The Morgan fingerprint density at radius 3 is 2.64 bits per heavy atom. The summed E-state index contributed by atoms with van der Waals surface area (Å²) in [4.78, 5) is 39.4. The maximum absolute atomic E-state index is 12.8. The summed E-state index contributed by atoms with van der Waals surface area (Å²) in [7, 11) is 0. The predicted octanol–water partition coefficient (Wildman–Crippen LogP) is 4.35. The zero-order valence-corrected chi connectivity index (χ0v) is 18.7. The molecule has 3 amide bonds. The topological polar surface area (TPSA) is 91.7 Å². The van der Waals surface area contributed by atoms with Gasteiger partial charge in [0.05, 0.1) is 12.2 Å². The van der Waals surface area contributed by atoms with Crippen LogP contribution in [0, 0.1) is 5.92 Å². The molecular weight excluding hydrogens is 442 g/mol. The van der Waals surface area contributed by atoms with Crippen molar-refractivity contribution in [3.05, 3.63) is 88.8 Å². The maximum Gasteiger partial charge on any atom is 0.291 e. The second-order valence-corrected chi connectivity index (χ2v) is 8.38. The molecule has 2 aromatic carbocycles. The molecule has 2 N–H and O–H groups in total. The maximum atomic E-state index is 12.8. The first-order chi connectivity index (χ1) is 16.0. The lowest BCUT2D eigenvalue weighted by Crippen LogP contribution is -2.45. The van der Waals surface area contributed by atoms with Crippen LogP contribution in [0.5, 0.6) is 0 Å². The summed E-state index contributed by atoms with van der Waals surface area (Å²) >= 11 is 5.91. The van der Waals surface area contributed by atoms with Crippen molar-refractivity contribution in [2.75, 3.05) is 18.4 Å². The van der Waals surface area contributed by atoms with E-state index in [9.17, 15) is 14.4 Å². The summed E-state index contributed by atoms with van der Waals surface area (Å²) in [5.41, 5.74) is 2.03. The highest BCUT2D eigenvalue weighted by Crippen LogP contribution is 2.20. The summed E-state index contributed by atoms with van der Waals surface area (Å²) in [6.45, 7) is 1.33. The quantitative estimate of drug-likeness (QED) is 0.566. The van der Waals surface area contributed by atoms with Crippen LogP contribution in [0.25, 0.3) is 0 Å². The molecule has 1 aliphatic rings. The lowest BCUT2D eigenvalue weighted by Gasteiger charge is -2.32. The van der Waals surface area contributed by atoms with Crippen molar-refractivity contribution in [1.29, 1.82) is 0 Å². The van der Waals surface area contributed by atoms with E-state index in [1.165, 1.54) is 6.26 Å². The lowest BCUT2D eigenvalue weighted by molar-refractivity contribution is -0.126. The Morgan fingerprint density at radius 1 is 1.06 bits per heavy atom. The van der Waals surface area contributed by atoms with Gasteiger partial charge in [0, 0.05) is 35.9 Å². The van der Waals surface area contributed by atoms with Gasteiger partial charge in [-0.15, -0.1) is 0 Å². The van der Waals surface area contributed by atoms with E-state index < -0.39 is 0 Å². The molecule has 170 valence electrons. The number of amides is 3. The Kier molecular flexibility index (Phi) is 7.10. The molecule has 4 rings (SSSR count). The molecule has 1 unspecified atom stereocenters. The first kappa shape index (κ1) is 22.6. The molecule has 0 aliphatic carbocycles. The monoisotopic (exact) mass is 465 g/mol. The van der Waals surface area contributed by atoms with Crippen LogP contribution in [-0.4, -0.2) is 35.7 Å².